The second-order valence-electron chi connectivity index (χ2n) is 6.26. The molecule has 1 aliphatic rings. The third kappa shape index (κ3) is 4.98. The van der Waals surface area contributed by atoms with E-state index in [-0.39, 0.29) is 6.10 Å². The molecule has 0 bridgehead atoms. The molecule has 3 heterocycles. The largest absolute Gasteiger partial charge is 0.497 e. The number of thioether (sulfide) groups is 1. The lowest BCUT2D eigenvalue weighted by atomic mass is 10.2. The minimum atomic E-state index is 0.266. The summed E-state index contributed by atoms with van der Waals surface area (Å²) in [5, 5.41) is 16.5. The molecule has 4 rings (SSSR count). The fourth-order valence-corrected chi connectivity index (χ4v) is 4.47. The van der Waals surface area contributed by atoms with Crippen molar-refractivity contribution in [1.29, 1.82) is 0 Å². The molecule has 2 aromatic heterocycles. The van der Waals surface area contributed by atoms with Gasteiger partial charge in [-0.05, 0) is 25.0 Å². The van der Waals surface area contributed by atoms with Crippen LogP contribution in [0.25, 0.3) is 11.4 Å². The average molecular weight is 436 g/mol. The third-order valence-electron chi connectivity index (χ3n) is 4.35. The van der Waals surface area contributed by atoms with Gasteiger partial charge in [0.15, 0.2) is 4.34 Å². The first kappa shape index (κ1) is 19.9. The smallest absolute Gasteiger partial charge is 0.237 e. The normalized spacial score (nSPS) is 16.1. The van der Waals surface area contributed by atoms with Crippen LogP contribution in [0.5, 0.6) is 11.5 Å². The molecule has 0 radical (unpaired) electrons. The van der Waals surface area contributed by atoms with Crippen molar-refractivity contribution in [2.75, 3.05) is 32.7 Å². The molecule has 1 aromatic carbocycles. The second-order valence-corrected chi connectivity index (χ2v) is 8.46. The fourth-order valence-electron chi connectivity index (χ4n) is 2.88. The number of rotatable bonds is 9. The Bertz CT molecular complexity index is 942. The van der Waals surface area contributed by atoms with Crippen LogP contribution in [0.2, 0.25) is 0 Å². The summed E-state index contributed by atoms with van der Waals surface area (Å²) < 4.78 is 22.4. The number of hydrogen-bond acceptors (Lipinski definition) is 11. The number of nitrogens with zero attached hydrogens (tertiary/aromatic N) is 4. The standard InChI is InChI=1S/C18H21N5O4S2/c1-24-11-5-6-13(14(8-11)25-2)16-20-15(27-23-16)10-28-18-22-21-17(29-18)19-9-12-4-3-7-26-12/h5-6,8,12H,3-4,7,9-10H2,1-2H3,(H,19,21)/t12-/m1/s1. The van der Waals surface area contributed by atoms with Crippen LogP contribution in [0.15, 0.2) is 27.1 Å². The molecule has 1 fully saturated rings. The maximum atomic E-state index is 5.60. The Kier molecular flexibility index (Phi) is 6.47. The molecule has 0 amide bonds. The van der Waals surface area contributed by atoms with Crippen LogP contribution in [-0.4, -0.2) is 53.8 Å². The number of aromatic nitrogens is 4. The molecule has 1 N–H and O–H groups in total. The van der Waals surface area contributed by atoms with Crippen molar-refractivity contribution in [1.82, 2.24) is 20.3 Å². The molecule has 11 heteroatoms. The van der Waals surface area contributed by atoms with Gasteiger partial charge in [0.2, 0.25) is 16.8 Å². The highest BCUT2D eigenvalue weighted by Crippen LogP contribution is 2.33. The van der Waals surface area contributed by atoms with Crippen LogP contribution >= 0.6 is 23.1 Å². The van der Waals surface area contributed by atoms with E-state index in [1.165, 1.54) is 23.1 Å². The predicted octanol–water partition coefficient (Wildman–Crippen LogP) is 3.49. The van der Waals surface area contributed by atoms with Crippen molar-refractivity contribution in [3.8, 4) is 22.9 Å². The molecule has 0 unspecified atom stereocenters. The second kappa shape index (κ2) is 9.42. The predicted molar refractivity (Wildman–Crippen MR) is 110 cm³/mol. The zero-order valence-electron chi connectivity index (χ0n) is 16.1. The maximum Gasteiger partial charge on any atom is 0.237 e. The first-order valence-corrected chi connectivity index (χ1v) is 10.9. The van der Waals surface area contributed by atoms with Crippen molar-refractivity contribution in [2.24, 2.45) is 0 Å². The Morgan fingerprint density at radius 3 is 3.00 bits per heavy atom. The van der Waals surface area contributed by atoms with Gasteiger partial charge in [0, 0.05) is 19.2 Å². The van der Waals surface area contributed by atoms with Crippen LogP contribution in [0, 0.1) is 0 Å². The quantitative estimate of drug-likeness (QED) is 0.502. The number of hydrogen-bond donors (Lipinski definition) is 1. The Morgan fingerprint density at radius 1 is 1.28 bits per heavy atom. The summed E-state index contributed by atoms with van der Waals surface area (Å²) in [6.07, 6.45) is 2.48. The minimum Gasteiger partial charge on any atom is -0.497 e. The van der Waals surface area contributed by atoms with Gasteiger partial charge >= 0.3 is 0 Å². The number of nitrogens with one attached hydrogen (secondary N) is 1. The Labute approximate surface area is 176 Å². The van der Waals surface area contributed by atoms with E-state index in [1.54, 1.807) is 20.3 Å². The summed E-state index contributed by atoms with van der Waals surface area (Å²) in [4.78, 5) is 4.46. The molecule has 1 saturated heterocycles. The highest BCUT2D eigenvalue weighted by Gasteiger charge is 2.17. The summed E-state index contributed by atoms with van der Waals surface area (Å²) in [5.74, 6) is 2.80. The SMILES string of the molecule is COc1ccc(-c2noc(CSc3nnc(NC[C@H]4CCCO4)s3)n2)c(OC)c1. The Morgan fingerprint density at radius 2 is 2.21 bits per heavy atom. The van der Waals surface area contributed by atoms with Gasteiger partial charge in [-0.2, -0.15) is 4.98 Å². The van der Waals surface area contributed by atoms with Crippen LogP contribution in [-0.2, 0) is 10.5 Å². The lowest BCUT2D eigenvalue weighted by molar-refractivity contribution is 0.120. The van der Waals surface area contributed by atoms with E-state index in [0.717, 1.165) is 41.0 Å². The van der Waals surface area contributed by atoms with Gasteiger partial charge in [0.05, 0.1) is 31.6 Å². The molecule has 1 atom stereocenters. The number of ether oxygens (including phenoxy) is 3. The van der Waals surface area contributed by atoms with Crippen molar-refractivity contribution in [3.05, 3.63) is 24.1 Å². The highest BCUT2D eigenvalue weighted by atomic mass is 32.2. The third-order valence-corrected chi connectivity index (χ3v) is 6.35. The van der Waals surface area contributed by atoms with Crippen molar-refractivity contribution >= 4 is 28.2 Å². The zero-order chi connectivity index (χ0) is 20.1. The van der Waals surface area contributed by atoms with Crippen molar-refractivity contribution in [2.45, 2.75) is 29.0 Å². The molecule has 0 saturated carbocycles. The van der Waals surface area contributed by atoms with Gasteiger partial charge < -0.3 is 24.1 Å². The lowest BCUT2D eigenvalue weighted by Crippen LogP contribution is -2.18. The maximum absolute atomic E-state index is 5.60. The number of benzene rings is 1. The van der Waals surface area contributed by atoms with Crippen molar-refractivity contribution in [3.63, 3.8) is 0 Å². The first-order chi connectivity index (χ1) is 14.2. The van der Waals surface area contributed by atoms with E-state index in [0.29, 0.717) is 29.0 Å². The number of methoxy groups -OCH3 is 2. The van der Waals surface area contributed by atoms with E-state index in [4.69, 9.17) is 18.7 Å². The van der Waals surface area contributed by atoms with Crippen LogP contribution < -0.4 is 14.8 Å². The fraction of sp³-hybridized carbons (Fsp3) is 0.444. The monoisotopic (exact) mass is 435 g/mol. The van der Waals surface area contributed by atoms with Gasteiger partial charge in [-0.3, -0.25) is 0 Å². The van der Waals surface area contributed by atoms with Crippen LogP contribution in [0.4, 0.5) is 5.13 Å². The molecular formula is C18H21N5O4S2. The molecule has 3 aromatic rings. The van der Waals surface area contributed by atoms with Crippen LogP contribution in [0.3, 0.4) is 0 Å². The topological polar surface area (TPSA) is 104 Å². The summed E-state index contributed by atoms with van der Waals surface area (Å²) in [5.41, 5.74) is 0.741. The average Bonchev–Trinajstić information content (AvgIpc) is 3.52. The molecule has 154 valence electrons. The summed E-state index contributed by atoms with van der Waals surface area (Å²) >= 11 is 3.00. The van der Waals surface area contributed by atoms with Gasteiger partial charge in [-0.1, -0.05) is 28.3 Å². The molecule has 9 nitrogen and oxygen atoms in total. The molecule has 0 spiro atoms. The van der Waals surface area contributed by atoms with E-state index in [1.807, 2.05) is 12.1 Å². The van der Waals surface area contributed by atoms with E-state index >= 15 is 0 Å². The van der Waals surface area contributed by atoms with Gasteiger partial charge in [-0.15, -0.1) is 10.2 Å². The van der Waals surface area contributed by atoms with E-state index in [2.05, 4.69) is 25.7 Å². The van der Waals surface area contributed by atoms with Gasteiger partial charge in [-0.25, -0.2) is 0 Å². The first-order valence-electron chi connectivity index (χ1n) is 9.12. The molecular weight excluding hydrogens is 414 g/mol. The lowest BCUT2D eigenvalue weighted by Gasteiger charge is -2.08. The summed E-state index contributed by atoms with van der Waals surface area (Å²) in [6.45, 7) is 1.61. The summed E-state index contributed by atoms with van der Waals surface area (Å²) in [7, 11) is 3.20. The van der Waals surface area contributed by atoms with E-state index < -0.39 is 0 Å². The minimum absolute atomic E-state index is 0.266. The zero-order valence-corrected chi connectivity index (χ0v) is 17.7. The Balaban J connectivity index is 1.34. The highest BCUT2D eigenvalue weighted by molar-refractivity contribution is 8.00. The van der Waals surface area contributed by atoms with E-state index in [9.17, 15) is 0 Å². The van der Waals surface area contributed by atoms with Gasteiger partial charge in [0.1, 0.15) is 11.5 Å². The number of anilines is 1. The van der Waals surface area contributed by atoms with Crippen LogP contribution in [0.1, 0.15) is 18.7 Å². The molecule has 0 aliphatic carbocycles. The Hall–Kier alpha value is -2.37. The molecule has 1 aliphatic heterocycles. The molecule has 29 heavy (non-hydrogen) atoms. The van der Waals surface area contributed by atoms with Gasteiger partial charge in [0.25, 0.3) is 0 Å². The van der Waals surface area contributed by atoms with Crippen molar-refractivity contribution < 1.29 is 18.7 Å². The summed E-state index contributed by atoms with van der Waals surface area (Å²) in [6, 6.07) is 5.46.